The first-order valence-electron chi connectivity index (χ1n) is 20.0. The van der Waals surface area contributed by atoms with Gasteiger partial charge in [-0.25, -0.2) is 4.98 Å². The Morgan fingerprint density at radius 1 is 1.04 bits per heavy atom. The van der Waals surface area contributed by atoms with Crippen LogP contribution in [-0.2, 0) is 9.53 Å². The first kappa shape index (κ1) is 38.4. The second-order valence-corrected chi connectivity index (χ2v) is 16.7. The number of anilines is 3. The number of nitrogen functional groups attached to an aromatic ring is 1. The SMILES string of the molecule is C=CC(=O)N1CC2(CCN(c3nc(N4CCC5(CCCN5CCOC)CC4)nc4c(OCC(F)(F)F)c(-c5c(C)ccc(N)c5C=N)c(C5CC5)cc34)CC2)C1. The maximum absolute atomic E-state index is 14.2. The van der Waals surface area contributed by atoms with Gasteiger partial charge in [-0.1, -0.05) is 12.6 Å². The topological polar surface area (TPSA) is 124 Å². The quantitative estimate of drug-likeness (QED) is 0.125. The van der Waals surface area contributed by atoms with Crippen molar-refractivity contribution in [1.29, 1.82) is 5.41 Å². The van der Waals surface area contributed by atoms with Gasteiger partial charge in [0.1, 0.15) is 11.3 Å². The number of piperidine rings is 2. The number of benzene rings is 2. The Morgan fingerprint density at radius 3 is 2.39 bits per heavy atom. The number of halogens is 3. The molecule has 2 spiro atoms. The Morgan fingerprint density at radius 2 is 1.75 bits per heavy atom. The highest BCUT2D eigenvalue weighted by molar-refractivity contribution is 6.05. The number of carbonyl (C=O) groups is 1. The number of methoxy groups -OCH3 is 1. The van der Waals surface area contributed by atoms with Crippen molar-refractivity contribution in [1.82, 2.24) is 19.8 Å². The monoisotopic (exact) mass is 774 g/mol. The first-order chi connectivity index (χ1) is 26.9. The molecule has 1 saturated carbocycles. The number of likely N-dealkylation sites (tertiary alicyclic amines) is 2. The predicted molar refractivity (Wildman–Crippen MR) is 213 cm³/mol. The molecule has 3 N–H and O–H groups in total. The summed E-state index contributed by atoms with van der Waals surface area (Å²) in [5.74, 6) is 1.29. The number of aromatic nitrogens is 2. The van der Waals surface area contributed by atoms with Gasteiger partial charge in [-0.3, -0.25) is 9.69 Å². The highest BCUT2D eigenvalue weighted by Gasteiger charge is 2.47. The van der Waals surface area contributed by atoms with E-state index < -0.39 is 12.8 Å². The minimum Gasteiger partial charge on any atom is -0.481 e. The third kappa shape index (κ3) is 7.07. The summed E-state index contributed by atoms with van der Waals surface area (Å²) in [4.78, 5) is 31.6. The summed E-state index contributed by atoms with van der Waals surface area (Å²) in [6.45, 7) is 10.8. The van der Waals surface area contributed by atoms with Crippen LogP contribution < -0.4 is 20.3 Å². The van der Waals surface area contributed by atoms with E-state index in [9.17, 15) is 18.0 Å². The first-order valence-corrected chi connectivity index (χ1v) is 20.0. The van der Waals surface area contributed by atoms with Crippen LogP contribution in [0.15, 0.2) is 30.9 Å². The van der Waals surface area contributed by atoms with Gasteiger partial charge in [0.2, 0.25) is 11.9 Å². The molecule has 5 aliphatic rings. The van der Waals surface area contributed by atoms with Crippen LogP contribution in [-0.4, -0.2) is 116 Å². The molecule has 1 aromatic heterocycles. The molecule has 11 nitrogen and oxygen atoms in total. The summed E-state index contributed by atoms with van der Waals surface area (Å²) in [6, 6.07) is 5.65. The van der Waals surface area contributed by atoms with Crippen molar-refractivity contribution in [3.63, 3.8) is 0 Å². The zero-order chi connectivity index (χ0) is 39.4. The number of amides is 1. The molecule has 0 radical (unpaired) electrons. The number of alkyl halides is 3. The number of rotatable bonds is 11. The lowest BCUT2D eigenvalue weighted by Crippen LogP contribution is -2.61. The molecular weight excluding hydrogens is 722 g/mol. The van der Waals surface area contributed by atoms with Gasteiger partial charge >= 0.3 is 6.18 Å². The van der Waals surface area contributed by atoms with Gasteiger partial charge in [0.25, 0.3) is 0 Å². The molecule has 4 saturated heterocycles. The molecule has 4 aliphatic heterocycles. The van der Waals surface area contributed by atoms with Crippen molar-refractivity contribution in [2.75, 3.05) is 88.2 Å². The minimum absolute atomic E-state index is 0.0270. The fourth-order valence-corrected chi connectivity index (χ4v) is 9.90. The van der Waals surface area contributed by atoms with E-state index >= 15 is 0 Å². The Bertz CT molecular complexity index is 2010. The Hall–Kier alpha value is -4.43. The van der Waals surface area contributed by atoms with Crippen molar-refractivity contribution in [2.45, 2.75) is 75.9 Å². The van der Waals surface area contributed by atoms with Crippen molar-refractivity contribution >= 4 is 40.5 Å². The van der Waals surface area contributed by atoms with Gasteiger partial charge in [0, 0.05) is 92.3 Å². The van der Waals surface area contributed by atoms with E-state index in [2.05, 4.69) is 27.3 Å². The van der Waals surface area contributed by atoms with Crippen molar-refractivity contribution in [3.05, 3.63) is 47.5 Å². The zero-order valence-corrected chi connectivity index (χ0v) is 32.5. The van der Waals surface area contributed by atoms with E-state index in [4.69, 9.17) is 30.6 Å². The van der Waals surface area contributed by atoms with Crippen LogP contribution in [0.1, 0.15) is 74.0 Å². The number of nitrogens with one attached hydrogen (secondary N) is 1. The number of aryl methyl sites for hydroxylation is 1. The molecule has 5 fully saturated rings. The Balaban J connectivity index is 1.26. The summed E-state index contributed by atoms with van der Waals surface area (Å²) in [5.41, 5.74) is 10.5. The average molecular weight is 775 g/mol. The normalized spacial score (nSPS) is 20.8. The summed E-state index contributed by atoms with van der Waals surface area (Å²) in [5, 5.41) is 9.02. The van der Waals surface area contributed by atoms with Gasteiger partial charge in [0.05, 0.1) is 6.61 Å². The molecule has 3 aromatic rings. The molecule has 14 heteroatoms. The number of hydrogen-bond donors (Lipinski definition) is 2. The molecule has 2 aromatic carbocycles. The standard InChI is InChI=1S/C42H53F3N8O3/c1-4-33(54)52-24-40(25-52)11-16-50(17-12-40)38-30-22-29(28-7-8-28)35(34-27(2)6-9-32(47)31(34)23-46)37(56-26-42(43,44)45)36(30)48-39(49-38)51-18-13-41(14-19-51)10-5-15-53(41)20-21-55-3/h4,6,9,22-23,28,46H,1,5,7-8,10-21,24-26,47H2,2-3H3. The molecule has 300 valence electrons. The fraction of sp³-hybridized carbons (Fsp3) is 0.571. The Kier molecular flexibility index (Phi) is 10.2. The highest BCUT2D eigenvalue weighted by atomic mass is 19.4. The van der Waals surface area contributed by atoms with E-state index in [0.29, 0.717) is 90.9 Å². The van der Waals surface area contributed by atoms with Crippen molar-refractivity contribution in [3.8, 4) is 16.9 Å². The van der Waals surface area contributed by atoms with E-state index in [1.165, 1.54) is 12.3 Å². The predicted octanol–water partition coefficient (Wildman–Crippen LogP) is 6.70. The van der Waals surface area contributed by atoms with Crippen molar-refractivity contribution < 1.29 is 27.4 Å². The lowest BCUT2D eigenvalue weighted by molar-refractivity contribution is -0.153. The number of nitrogens with zero attached hydrogens (tertiary/aromatic N) is 6. The van der Waals surface area contributed by atoms with E-state index in [0.717, 1.165) is 75.6 Å². The highest BCUT2D eigenvalue weighted by Crippen LogP contribution is 2.53. The largest absolute Gasteiger partial charge is 0.481 e. The van der Waals surface area contributed by atoms with Crippen LogP contribution in [0.5, 0.6) is 5.75 Å². The summed E-state index contributed by atoms with van der Waals surface area (Å²) in [6.07, 6.45) is 5.54. The second kappa shape index (κ2) is 14.8. The molecule has 0 bridgehead atoms. The number of hydrogen-bond acceptors (Lipinski definition) is 10. The molecule has 56 heavy (non-hydrogen) atoms. The molecule has 1 aliphatic carbocycles. The van der Waals surface area contributed by atoms with Gasteiger partial charge in [-0.2, -0.15) is 18.2 Å². The van der Waals surface area contributed by atoms with E-state index in [1.807, 2.05) is 17.9 Å². The number of ether oxygens (including phenoxy) is 2. The third-order valence-electron chi connectivity index (χ3n) is 13.2. The maximum atomic E-state index is 14.2. The molecule has 0 unspecified atom stereocenters. The van der Waals surface area contributed by atoms with Gasteiger partial charge in [-0.15, -0.1) is 0 Å². The average Bonchev–Trinajstić information content (AvgIpc) is 3.96. The zero-order valence-electron chi connectivity index (χ0n) is 32.5. The summed E-state index contributed by atoms with van der Waals surface area (Å²) >= 11 is 0. The van der Waals surface area contributed by atoms with Gasteiger partial charge in [0.15, 0.2) is 12.4 Å². The smallest absolute Gasteiger partial charge is 0.422 e. The molecular formula is C42H53F3N8O3. The van der Waals surface area contributed by atoms with Gasteiger partial charge in [-0.05, 0) is 106 Å². The van der Waals surface area contributed by atoms with Crippen LogP contribution in [0.3, 0.4) is 0 Å². The van der Waals surface area contributed by atoms with Crippen LogP contribution in [0, 0.1) is 17.7 Å². The molecule has 8 rings (SSSR count). The lowest BCUT2D eigenvalue weighted by atomic mass is 9.72. The Labute approximate surface area is 326 Å². The molecule has 1 amide bonds. The van der Waals surface area contributed by atoms with E-state index in [1.54, 1.807) is 13.2 Å². The number of carbonyl (C=O) groups excluding carboxylic acids is 1. The van der Waals surface area contributed by atoms with E-state index in [-0.39, 0.29) is 28.5 Å². The van der Waals surface area contributed by atoms with Crippen LogP contribution in [0.2, 0.25) is 0 Å². The molecule has 0 atom stereocenters. The van der Waals surface area contributed by atoms with Crippen LogP contribution in [0.25, 0.3) is 22.0 Å². The summed E-state index contributed by atoms with van der Waals surface area (Å²) < 4.78 is 53.9. The maximum Gasteiger partial charge on any atom is 0.422 e. The minimum atomic E-state index is -4.60. The van der Waals surface area contributed by atoms with Gasteiger partial charge < -0.3 is 35.3 Å². The molecule has 5 heterocycles. The fourth-order valence-electron chi connectivity index (χ4n) is 9.90. The number of fused-ring (bicyclic) bond motifs is 1. The lowest BCUT2D eigenvalue weighted by Gasteiger charge is -2.54. The number of nitrogens with two attached hydrogens (primary N) is 1. The van der Waals surface area contributed by atoms with Crippen LogP contribution >= 0.6 is 0 Å². The third-order valence-corrected chi connectivity index (χ3v) is 13.2. The van der Waals surface area contributed by atoms with Crippen LogP contribution in [0.4, 0.5) is 30.6 Å². The second-order valence-electron chi connectivity index (χ2n) is 16.7. The summed E-state index contributed by atoms with van der Waals surface area (Å²) in [7, 11) is 1.73. The van der Waals surface area contributed by atoms with Crippen molar-refractivity contribution in [2.24, 2.45) is 5.41 Å².